The number of anilines is 1. The highest BCUT2D eigenvalue weighted by atomic mass is 32.2. The number of carboxylic acid groups (broad SMARTS) is 1. The van der Waals surface area contributed by atoms with Crippen molar-refractivity contribution >= 4 is 34.8 Å². The van der Waals surface area contributed by atoms with Gasteiger partial charge in [0, 0.05) is 10.6 Å². The second kappa shape index (κ2) is 4.95. The molecule has 1 aromatic heterocycles. The van der Waals surface area contributed by atoms with Crippen LogP contribution in [0.25, 0.3) is 0 Å². The van der Waals surface area contributed by atoms with Gasteiger partial charge in [-0.3, -0.25) is 0 Å². The number of carboxylic acids is 1. The third-order valence-electron chi connectivity index (χ3n) is 2.30. The maximum atomic E-state index is 11.1. The van der Waals surface area contributed by atoms with E-state index in [0.717, 1.165) is 19.8 Å². The summed E-state index contributed by atoms with van der Waals surface area (Å²) in [5.41, 5.74) is 6.91. The summed E-state index contributed by atoms with van der Waals surface area (Å²) in [7, 11) is 0. The van der Waals surface area contributed by atoms with Gasteiger partial charge in [0.15, 0.2) is 4.34 Å². The van der Waals surface area contributed by atoms with Crippen LogP contribution in [0.2, 0.25) is 0 Å². The van der Waals surface area contributed by atoms with Gasteiger partial charge < -0.3 is 10.8 Å². The van der Waals surface area contributed by atoms with Crippen molar-refractivity contribution in [3.63, 3.8) is 0 Å². The fourth-order valence-electron chi connectivity index (χ4n) is 1.42. The molecule has 1 heterocycles. The number of aryl methyl sites for hydroxylation is 2. The van der Waals surface area contributed by atoms with Gasteiger partial charge in [-0.05, 0) is 31.5 Å². The molecule has 18 heavy (non-hydrogen) atoms. The Bertz CT molecular complexity index is 610. The number of hydrogen-bond donors (Lipinski definition) is 2. The van der Waals surface area contributed by atoms with Crippen LogP contribution in [0.15, 0.2) is 21.4 Å². The Hall–Kier alpha value is -1.60. The minimum Gasteiger partial charge on any atom is -0.478 e. The van der Waals surface area contributed by atoms with Crippen molar-refractivity contribution in [2.75, 3.05) is 5.73 Å². The average molecular weight is 281 g/mol. The molecule has 0 atom stereocenters. The summed E-state index contributed by atoms with van der Waals surface area (Å²) >= 11 is 2.86. The normalized spacial score (nSPS) is 10.6. The van der Waals surface area contributed by atoms with Crippen molar-refractivity contribution in [1.29, 1.82) is 0 Å². The number of aromatic nitrogens is 2. The van der Waals surface area contributed by atoms with E-state index in [4.69, 9.17) is 10.8 Å². The number of nitrogens with two attached hydrogens (primary N) is 1. The second-order valence-corrected chi connectivity index (χ2v) is 6.20. The van der Waals surface area contributed by atoms with Gasteiger partial charge in [0.2, 0.25) is 0 Å². The largest absolute Gasteiger partial charge is 0.478 e. The fourth-order valence-corrected chi connectivity index (χ4v) is 3.35. The average Bonchev–Trinajstić information content (AvgIpc) is 2.68. The molecule has 2 aromatic rings. The molecular weight excluding hydrogens is 270 g/mol. The Morgan fingerprint density at radius 1 is 1.39 bits per heavy atom. The minimum atomic E-state index is -1.02. The van der Waals surface area contributed by atoms with Crippen molar-refractivity contribution in [1.82, 2.24) is 10.2 Å². The molecule has 0 saturated heterocycles. The van der Waals surface area contributed by atoms with Crippen molar-refractivity contribution < 1.29 is 9.90 Å². The summed E-state index contributed by atoms with van der Waals surface area (Å²) in [6.45, 7) is 3.66. The first-order chi connectivity index (χ1) is 8.47. The molecule has 0 unspecified atom stereocenters. The zero-order valence-corrected chi connectivity index (χ0v) is 11.4. The highest BCUT2D eigenvalue weighted by molar-refractivity contribution is 8.01. The molecule has 5 nitrogen and oxygen atoms in total. The van der Waals surface area contributed by atoms with E-state index in [2.05, 4.69) is 10.2 Å². The van der Waals surface area contributed by atoms with E-state index in [1.807, 2.05) is 13.0 Å². The van der Waals surface area contributed by atoms with E-state index >= 15 is 0 Å². The van der Waals surface area contributed by atoms with Crippen molar-refractivity contribution in [3.8, 4) is 0 Å². The van der Waals surface area contributed by atoms with Crippen molar-refractivity contribution in [2.45, 2.75) is 23.1 Å². The quantitative estimate of drug-likeness (QED) is 0.841. The Morgan fingerprint density at radius 3 is 2.67 bits per heavy atom. The lowest BCUT2D eigenvalue weighted by atomic mass is 10.1. The molecule has 94 valence electrons. The molecule has 0 amide bonds. The second-order valence-electron chi connectivity index (χ2n) is 3.70. The fraction of sp³-hybridized carbons (Fsp3) is 0.182. The first kappa shape index (κ1) is 12.8. The van der Waals surface area contributed by atoms with E-state index in [-0.39, 0.29) is 5.56 Å². The summed E-state index contributed by atoms with van der Waals surface area (Å²) in [6.07, 6.45) is 0. The molecule has 0 spiro atoms. The van der Waals surface area contributed by atoms with Crippen LogP contribution in [-0.2, 0) is 0 Å². The summed E-state index contributed by atoms with van der Waals surface area (Å²) in [5, 5.41) is 17.9. The number of nitrogen functional groups attached to an aromatic ring is 1. The molecule has 0 bridgehead atoms. The zero-order valence-electron chi connectivity index (χ0n) is 9.80. The predicted molar refractivity (Wildman–Crippen MR) is 71.3 cm³/mol. The number of hydrogen-bond acceptors (Lipinski definition) is 6. The number of benzene rings is 1. The van der Waals surface area contributed by atoms with Crippen LogP contribution < -0.4 is 5.73 Å². The van der Waals surface area contributed by atoms with E-state index in [1.165, 1.54) is 23.1 Å². The molecule has 0 aliphatic heterocycles. The van der Waals surface area contributed by atoms with E-state index in [9.17, 15) is 4.79 Å². The van der Waals surface area contributed by atoms with Crippen LogP contribution in [-0.4, -0.2) is 21.3 Å². The molecular formula is C11H11N3O2S2. The van der Waals surface area contributed by atoms with Crippen molar-refractivity contribution in [2.24, 2.45) is 0 Å². The van der Waals surface area contributed by atoms with Gasteiger partial charge in [0.25, 0.3) is 0 Å². The summed E-state index contributed by atoms with van der Waals surface area (Å²) in [5.74, 6) is -1.02. The smallest absolute Gasteiger partial charge is 0.337 e. The van der Waals surface area contributed by atoms with Crippen LogP contribution in [0.3, 0.4) is 0 Å². The third kappa shape index (κ3) is 2.62. The number of aromatic carboxylic acids is 1. The lowest BCUT2D eigenvalue weighted by Gasteiger charge is -2.07. The molecule has 1 aromatic carbocycles. The lowest BCUT2D eigenvalue weighted by Crippen LogP contribution is -2.04. The van der Waals surface area contributed by atoms with Gasteiger partial charge in [-0.15, -0.1) is 10.2 Å². The van der Waals surface area contributed by atoms with Crippen LogP contribution in [0, 0.1) is 13.8 Å². The number of nitrogens with zero attached hydrogens (tertiary/aromatic N) is 2. The first-order valence-corrected chi connectivity index (χ1v) is 6.72. The van der Waals surface area contributed by atoms with E-state index < -0.39 is 5.97 Å². The molecule has 0 aliphatic rings. The Balaban J connectivity index is 2.37. The number of rotatable bonds is 3. The summed E-state index contributed by atoms with van der Waals surface area (Å²) in [4.78, 5) is 11.9. The molecule has 7 heteroatoms. The Morgan fingerprint density at radius 2 is 2.11 bits per heavy atom. The van der Waals surface area contributed by atoms with Gasteiger partial charge in [-0.2, -0.15) is 0 Å². The topological polar surface area (TPSA) is 89.1 Å². The Labute approximate surface area is 112 Å². The van der Waals surface area contributed by atoms with Crippen LogP contribution in [0.5, 0.6) is 0 Å². The highest BCUT2D eigenvalue weighted by Crippen LogP contribution is 2.33. The van der Waals surface area contributed by atoms with Crippen LogP contribution in [0.1, 0.15) is 20.9 Å². The lowest BCUT2D eigenvalue weighted by molar-refractivity contribution is 0.0697. The van der Waals surface area contributed by atoms with Crippen LogP contribution in [0.4, 0.5) is 5.69 Å². The van der Waals surface area contributed by atoms with Crippen LogP contribution >= 0.6 is 23.1 Å². The van der Waals surface area contributed by atoms with Gasteiger partial charge >= 0.3 is 5.97 Å². The van der Waals surface area contributed by atoms with Gasteiger partial charge in [-0.25, -0.2) is 4.79 Å². The van der Waals surface area contributed by atoms with Gasteiger partial charge in [-0.1, -0.05) is 23.1 Å². The predicted octanol–water partition coefficient (Wildman–Crippen LogP) is 2.59. The molecule has 2 rings (SSSR count). The molecule has 0 radical (unpaired) electrons. The van der Waals surface area contributed by atoms with Gasteiger partial charge in [0.1, 0.15) is 5.01 Å². The monoisotopic (exact) mass is 281 g/mol. The maximum absolute atomic E-state index is 11.1. The highest BCUT2D eigenvalue weighted by Gasteiger charge is 2.13. The first-order valence-electron chi connectivity index (χ1n) is 5.08. The van der Waals surface area contributed by atoms with Gasteiger partial charge in [0.05, 0.1) is 5.56 Å². The Kier molecular flexibility index (Phi) is 3.53. The molecule has 0 aliphatic carbocycles. The standard InChI is InChI=1S/C11H11N3O2S2/c1-5-3-7(4-8(9(5)12)10(15)16)18-11-14-13-6(2)17-11/h3-4H,12H2,1-2H3,(H,15,16). The molecule has 0 fully saturated rings. The number of carbonyl (C=O) groups is 1. The summed E-state index contributed by atoms with van der Waals surface area (Å²) in [6, 6.07) is 3.41. The maximum Gasteiger partial charge on any atom is 0.337 e. The SMILES string of the molecule is Cc1nnc(Sc2cc(C)c(N)c(C(=O)O)c2)s1. The molecule has 0 saturated carbocycles. The zero-order chi connectivity index (χ0) is 13.3. The van der Waals surface area contributed by atoms with Crippen molar-refractivity contribution in [3.05, 3.63) is 28.3 Å². The van der Waals surface area contributed by atoms with E-state index in [0.29, 0.717) is 5.69 Å². The molecule has 3 N–H and O–H groups in total. The minimum absolute atomic E-state index is 0.124. The summed E-state index contributed by atoms with van der Waals surface area (Å²) < 4.78 is 0.785. The third-order valence-corrected chi connectivity index (χ3v) is 4.16. The van der Waals surface area contributed by atoms with E-state index in [1.54, 1.807) is 13.0 Å².